The van der Waals surface area contributed by atoms with Crippen molar-refractivity contribution in [2.75, 3.05) is 33.9 Å². The van der Waals surface area contributed by atoms with Crippen molar-refractivity contribution < 1.29 is 19.1 Å². The van der Waals surface area contributed by atoms with E-state index in [1.807, 2.05) is 23.9 Å². The number of ketones is 1. The quantitative estimate of drug-likeness (QED) is 0.214. The number of urea groups is 1. The van der Waals surface area contributed by atoms with Gasteiger partial charge in [0, 0.05) is 85.1 Å². The highest BCUT2D eigenvalue weighted by Gasteiger charge is 2.30. The molecule has 3 N–H and O–H groups in total. The Hall–Kier alpha value is -6.04. The van der Waals surface area contributed by atoms with Crippen LogP contribution in [0.4, 0.5) is 27.5 Å². The van der Waals surface area contributed by atoms with E-state index in [1.165, 1.54) is 6.20 Å². The van der Waals surface area contributed by atoms with Crippen molar-refractivity contribution in [3.63, 3.8) is 0 Å². The topological polar surface area (TPSA) is 143 Å². The summed E-state index contributed by atoms with van der Waals surface area (Å²) in [5, 5.41) is 9.35. The summed E-state index contributed by atoms with van der Waals surface area (Å²) in [5.41, 5.74) is 4.65. The number of carbonyl (C=O) groups is 3. The van der Waals surface area contributed by atoms with Gasteiger partial charge < -0.3 is 30.2 Å². The smallest absolute Gasteiger partial charge is 0.323 e. The van der Waals surface area contributed by atoms with Crippen molar-refractivity contribution in [1.82, 2.24) is 19.5 Å². The zero-order valence-corrected chi connectivity index (χ0v) is 24.9. The van der Waals surface area contributed by atoms with E-state index in [0.717, 1.165) is 28.0 Å². The average Bonchev–Trinajstić information content (AvgIpc) is 3.56. The summed E-state index contributed by atoms with van der Waals surface area (Å²) in [6, 6.07) is 13.5. The number of carbonyl (C=O) groups excluding carboxylic acids is 3. The highest BCUT2D eigenvalue weighted by Crippen LogP contribution is 2.37. The first kappa shape index (κ1) is 28.7. The second-order valence-electron chi connectivity index (χ2n) is 11.2. The van der Waals surface area contributed by atoms with E-state index in [1.54, 1.807) is 73.3 Å². The van der Waals surface area contributed by atoms with Crippen molar-refractivity contribution in [3.05, 3.63) is 103 Å². The molecule has 7 rings (SSSR count). The maximum absolute atomic E-state index is 13.5. The average molecular weight is 615 g/mol. The molecule has 2 aliphatic rings. The van der Waals surface area contributed by atoms with Crippen LogP contribution in [0.25, 0.3) is 17.1 Å². The summed E-state index contributed by atoms with van der Waals surface area (Å²) in [7, 11) is 1.91. The summed E-state index contributed by atoms with van der Waals surface area (Å²) in [5.74, 6) is 0.235. The lowest BCUT2D eigenvalue weighted by atomic mass is 9.95. The fourth-order valence-electron chi connectivity index (χ4n) is 5.89. The summed E-state index contributed by atoms with van der Waals surface area (Å²) in [6.45, 7) is 1.40. The van der Waals surface area contributed by atoms with E-state index in [0.29, 0.717) is 48.6 Å². The predicted octanol–water partition coefficient (Wildman–Crippen LogP) is 5.48. The lowest BCUT2D eigenvalue weighted by Crippen LogP contribution is -2.38. The van der Waals surface area contributed by atoms with Crippen LogP contribution in [0, 0.1) is 5.92 Å². The molecule has 12 nitrogen and oxygen atoms in total. The molecule has 3 amide bonds. The summed E-state index contributed by atoms with van der Waals surface area (Å²) in [4.78, 5) is 53.7. The van der Waals surface area contributed by atoms with E-state index >= 15 is 0 Å². The van der Waals surface area contributed by atoms with E-state index in [2.05, 4.69) is 35.8 Å². The minimum Gasteiger partial charge on any atom is -0.452 e. The van der Waals surface area contributed by atoms with Crippen molar-refractivity contribution in [2.45, 2.75) is 12.8 Å². The van der Waals surface area contributed by atoms with Crippen molar-refractivity contribution >= 4 is 57.6 Å². The molecule has 5 aromatic rings. The summed E-state index contributed by atoms with van der Waals surface area (Å²) in [6.07, 6.45) is 13.3. The Morgan fingerprint density at radius 3 is 2.50 bits per heavy atom. The largest absolute Gasteiger partial charge is 0.452 e. The second-order valence-corrected chi connectivity index (χ2v) is 11.2. The second kappa shape index (κ2) is 12.2. The monoisotopic (exact) mass is 614 g/mol. The highest BCUT2D eigenvalue weighted by molar-refractivity contribution is 6.16. The normalized spacial score (nSPS) is 15.5. The van der Waals surface area contributed by atoms with Gasteiger partial charge in [-0.1, -0.05) is 0 Å². The van der Waals surface area contributed by atoms with Crippen LogP contribution in [0.3, 0.4) is 0 Å². The molecule has 6 heterocycles. The fraction of sp³-hybridized carbons (Fsp3) is 0.176. The van der Waals surface area contributed by atoms with Crippen LogP contribution in [0.2, 0.25) is 0 Å². The number of allylic oxidation sites excluding steroid dienone is 1. The molecular weight excluding hydrogens is 584 g/mol. The van der Waals surface area contributed by atoms with Gasteiger partial charge in [0.05, 0.1) is 17.4 Å². The molecule has 12 heteroatoms. The van der Waals surface area contributed by atoms with E-state index in [9.17, 15) is 14.4 Å². The molecule has 4 aromatic heterocycles. The molecule has 46 heavy (non-hydrogen) atoms. The summed E-state index contributed by atoms with van der Waals surface area (Å²) >= 11 is 0. The number of Topliss-reactive ketones (excluding diaryl/α,β-unsaturated/α-hetero) is 1. The summed E-state index contributed by atoms with van der Waals surface area (Å²) < 4.78 is 7.92. The van der Waals surface area contributed by atoms with E-state index in [4.69, 9.17) is 4.74 Å². The van der Waals surface area contributed by atoms with Crippen molar-refractivity contribution in [1.29, 1.82) is 0 Å². The van der Waals surface area contributed by atoms with Gasteiger partial charge in [-0.05, 0) is 67.4 Å². The Labute approximate surface area is 264 Å². The molecule has 1 fully saturated rings. The van der Waals surface area contributed by atoms with Crippen LogP contribution in [-0.4, -0.2) is 50.3 Å². The first-order valence-electron chi connectivity index (χ1n) is 14.9. The third kappa shape index (κ3) is 5.75. The van der Waals surface area contributed by atoms with Crippen LogP contribution in [0.5, 0.6) is 5.75 Å². The van der Waals surface area contributed by atoms with Crippen molar-refractivity contribution in [3.8, 4) is 5.75 Å². The number of aromatic nitrogens is 4. The highest BCUT2D eigenvalue weighted by atomic mass is 16.5. The van der Waals surface area contributed by atoms with Gasteiger partial charge in [0.1, 0.15) is 11.4 Å². The standard InChI is InChI=1S/C34H30N8O4/c1-41-20-22(17-29-31(43)26-18-24(4-5-28(26)46-29)39-34(45)40-25-3-2-11-36-19-25)30-27(8-14-37-32(30)41)42-15-9-21(10-16-42)33(44)38-23-6-12-35-13-7-23/h2-8,11-14,17-21H,9-10,15-16H2,1H3,(H,35,38,44)(H2,39,40,45). The van der Waals surface area contributed by atoms with Crippen LogP contribution >= 0.6 is 0 Å². The first-order chi connectivity index (χ1) is 22.4. The SMILES string of the molecule is Cn1cc(C=C2Oc3ccc(NC(=O)Nc4cccnc4)cc3C2=O)c2c(N3CCC(C(=O)Nc4ccncc4)CC3)ccnc21. The number of anilines is 4. The first-order valence-corrected chi connectivity index (χ1v) is 14.9. The minimum absolute atomic E-state index is 0.0137. The minimum atomic E-state index is -0.454. The van der Waals surface area contributed by atoms with Crippen LogP contribution in [0.1, 0.15) is 28.8 Å². The molecule has 1 aromatic carbocycles. The number of pyridine rings is 3. The Bertz CT molecular complexity index is 1980. The molecule has 0 radical (unpaired) electrons. The molecular formula is C34H30N8O4. The van der Waals surface area contributed by atoms with Crippen molar-refractivity contribution in [2.24, 2.45) is 13.0 Å². The number of ether oxygens (including phenoxy) is 1. The number of benzene rings is 1. The van der Waals surface area contributed by atoms with Crippen LogP contribution < -0.4 is 25.6 Å². The zero-order valence-electron chi connectivity index (χ0n) is 24.9. The van der Waals surface area contributed by atoms with Gasteiger partial charge in [-0.2, -0.15) is 0 Å². The number of hydrogen-bond acceptors (Lipinski definition) is 8. The Morgan fingerprint density at radius 1 is 0.913 bits per heavy atom. The Balaban J connectivity index is 1.08. The van der Waals surface area contributed by atoms with Gasteiger partial charge in [-0.3, -0.25) is 19.6 Å². The number of hydrogen-bond donors (Lipinski definition) is 3. The molecule has 0 unspecified atom stereocenters. The number of nitrogens with zero attached hydrogens (tertiary/aromatic N) is 5. The maximum atomic E-state index is 13.5. The van der Waals surface area contributed by atoms with E-state index < -0.39 is 6.03 Å². The Morgan fingerprint density at radius 2 is 1.72 bits per heavy atom. The van der Waals surface area contributed by atoms with Gasteiger partial charge in [0.2, 0.25) is 11.7 Å². The van der Waals surface area contributed by atoms with Gasteiger partial charge in [0.25, 0.3) is 0 Å². The number of nitrogens with one attached hydrogen (secondary N) is 3. The number of fused-ring (bicyclic) bond motifs is 2. The molecule has 230 valence electrons. The van der Waals surface area contributed by atoms with Gasteiger partial charge in [-0.25, -0.2) is 9.78 Å². The number of piperidine rings is 1. The maximum Gasteiger partial charge on any atom is 0.323 e. The lowest BCUT2D eigenvalue weighted by Gasteiger charge is -2.33. The molecule has 0 saturated carbocycles. The number of amides is 3. The fourth-order valence-corrected chi connectivity index (χ4v) is 5.89. The predicted molar refractivity (Wildman–Crippen MR) is 175 cm³/mol. The van der Waals surface area contributed by atoms with Gasteiger partial charge >= 0.3 is 6.03 Å². The van der Waals surface area contributed by atoms with Crippen LogP contribution in [-0.2, 0) is 11.8 Å². The number of rotatable bonds is 6. The number of aryl methyl sites for hydroxylation is 1. The third-order valence-corrected chi connectivity index (χ3v) is 8.15. The molecule has 0 bridgehead atoms. The van der Waals surface area contributed by atoms with Crippen LogP contribution in [0.15, 0.2) is 91.5 Å². The third-order valence-electron chi connectivity index (χ3n) is 8.15. The molecule has 2 aliphatic heterocycles. The molecule has 1 saturated heterocycles. The zero-order chi connectivity index (χ0) is 31.6. The molecule has 0 aliphatic carbocycles. The lowest BCUT2D eigenvalue weighted by molar-refractivity contribution is -0.120. The molecule has 0 atom stereocenters. The van der Waals surface area contributed by atoms with Gasteiger partial charge in [-0.15, -0.1) is 0 Å². The Kier molecular flexibility index (Phi) is 7.59. The van der Waals surface area contributed by atoms with E-state index in [-0.39, 0.29) is 23.4 Å². The van der Waals surface area contributed by atoms with Gasteiger partial charge in [0.15, 0.2) is 5.76 Å². The molecule has 0 spiro atoms.